The minimum Gasteiger partial charge on any atom is -0.383 e. The zero-order valence-electron chi connectivity index (χ0n) is 15.5. The molecule has 0 radical (unpaired) electrons. The Morgan fingerprint density at radius 3 is 2.41 bits per heavy atom. The minimum atomic E-state index is -4.71. The molecule has 0 bridgehead atoms. The van der Waals surface area contributed by atoms with Crippen LogP contribution in [-0.2, 0) is 23.5 Å². The summed E-state index contributed by atoms with van der Waals surface area (Å²) in [5.74, 6) is -0.684. The molecule has 0 heterocycles. The molecule has 0 aromatic carbocycles. The van der Waals surface area contributed by atoms with E-state index in [0.29, 0.717) is 12.3 Å². The van der Waals surface area contributed by atoms with Gasteiger partial charge < -0.3 is 25.5 Å². The minimum absolute atomic E-state index is 0.0225. The Balaban J connectivity index is 4.11. The zero-order valence-corrected chi connectivity index (χ0v) is 17.2. The van der Waals surface area contributed by atoms with E-state index in [1.807, 2.05) is 0 Å². The van der Waals surface area contributed by atoms with E-state index in [2.05, 4.69) is 15.2 Å². The SMILES string of the molecule is C/C=C/C(=O)SCCNC(=O)CCNC(=O)C(O)C(C)(C)COP(=O)(O)O. The van der Waals surface area contributed by atoms with Crippen molar-refractivity contribution in [2.75, 3.05) is 25.4 Å². The first-order valence-electron chi connectivity index (χ1n) is 8.11. The fourth-order valence-corrected chi connectivity index (χ4v) is 2.83. The molecular weight excluding hydrogens is 399 g/mol. The lowest BCUT2D eigenvalue weighted by Gasteiger charge is -2.29. The lowest BCUT2D eigenvalue weighted by atomic mass is 9.87. The number of phosphoric acid groups is 1. The predicted octanol–water partition coefficient (Wildman–Crippen LogP) is -0.0588. The summed E-state index contributed by atoms with van der Waals surface area (Å²) in [5.41, 5.74) is -1.25. The van der Waals surface area contributed by atoms with Crippen molar-refractivity contribution in [3.8, 4) is 0 Å². The molecule has 27 heavy (non-hydrogen) atoms. The summed E-state index contributed by atoms with van der Waals surface area (Å²) in [7, 11) is -4.71. The molecule has 0 aromatic rings. The number of hydrogen-bond acceptors (Lipinski definition) is 7. The van der Waals surface area contributed by atoms with Crippen LogP contribution in [0.15, 0.2) is 12.2 Å². The normalized spacial score (nSPS) is 13.4. The number of thioether (sulfide) groups is 1. The summed E-state index contributed by atoms with van der Waals surface area (Å²) >= 11 is 1.07. The van der Waals surface area contributed by atoms with Crippen molar-refractivity contribution in [2.24, 2.45) is 5.41 Å². The summed E-state index contributed by atoms with van der Waals surface area (Å²) in [6, 6.07) is 0. The molecule has 2 amide bonds. The Bertz CT molecular complexity index is 590. The number of aliphatic hydroxyl groups is 1. The molecule has 5 N–H and O–H groups in total. The molecule has 0 aliphatic heterocycles. The number of hydrogen-bond donors (Lipinski definition) is 5. The molecule has 0 aromatic heterocycles. The van der Waals surface area contributed by atoms with Crippen LogP contribution in [0.2, 0.25) is 0 Å². The van der Waals surface area contributed by atoms with Crippen molar-refractivity contribution in [2.45, 2.75) is 33.3 Å². The molecule has 0 rings (SSSR count). The first-order valence-corrected chi connectivity index (χ1v) is 10.6. The third-order valence-electron chi connectivity index (χ3n) is 3.22. The van der Waals surface area contributed by atoms with Gasteiger partial charge in [0.2, 0.25) is 16.9 Å². The van der Waals surface area contributed by atoms with Crippen molar-refractivity contribution in [1.82, 2.24) is 10.6 Å². The molecule has 0 saturated heterocycles. The topological polar surface area (TPSA) is 162 Å². The van der Waals surface area contributed by atoms with Gasteiger partial charge in [0.1, 0.15) is 6.10 Å². The second kappa shape index (κ2) is 12.3. The quantitative estimate of drug-likeness (QED) is 0.163. The summed E-state index contributed by atoms with van der Waals surface area (Å²) < 4.78 is 15.0. The average molecular weight is 426 g/mol. The molecule has 1 unspecified atom stereocenters. The molecule has 156 valence electrons. The summed E-state index contributed by atoms with van der Waals surface area (Å²) in [5, 5.41) is 14.9. The van der Waals surface area contributed by atoms with E-state index < -0.39 is 31.9 Å². The van der Waals surface area contributed by atoms with Gasteiger partial charge in [0.15, 0.2) is 0 Å². The highest BCUT2D eigenvalue weighted by atomic mass is 32.2. The van der Waals surface area contributed by atoms with E-state index in [1.54, 1.807) is 13.0 Å². The second-order valence-electron chi connectivity index (χ2n) is 6.21. The molecule has 10 nitrogen and oxygen atoms in total. The smallest absolute Gasteiger partial charge is 0.383 e. The van der Waals surface area contributed by atoms with Gasteiger partial charge in [0, 0.05) is 30.7 Å². The summed E-state index contributed by atoms with van der Waals surface area (Å²) in [6.45, 7) is 4.30. The first kappa shape index (κ1) is 25.8. The van der Waals surface area contributed by atoms with Crippen LogP contribution in [0.1, 0.15) is 27.2 Å². The van der Waals surface area contributed by atoms with Crippen molar-refractivity contribution in [3.63, 3.8) is 0 Å². The van der Waals surface area contributed by atoms with Gasteiger partial charge in [-0.05, 0) is 13.0 Å². The molecule has 0 aliphatic carbocycles. The largest absolute Gasteiger partial charge is 0.469 e. The van der Waals surface area contributed by atoms with Gasteiger partial charge in [-0.1, -0.05) is 31.7 Å². The molecule has 0 spiro atoms. The number of carbonyl (C=O) groups excluding carboxylic acids is 3. The van der Waals surface area contributed by atoms with E-state index in [1.165, 1.54) is 19.9 Å². The highest BCUT2D eigenvalue weighted by Gasteiger charge is 2.35. The second-order valence-corrected chi connectivity index (χ2v) is 8.55. The highest BCUT2D eigenvalue weighted by molar-refractivity contribution is 8.14. The zero-order chi connectivity index (χ0) is 21.1. The third-order valence-corrected chi connectivity index (χ3v) is 4.51. The molecule has 0 aliphatic rings. The van der Waals surface area contributed by atoms with E-state index in [9.17, 15) is 24.1 Å². The fraction of sp³-hybridized carbons (Fsp3) is 0.667. The lowest BCUT2D eigenvalue weighted by molar-refractivity contribution is -0.137. The maximum Gasteiger partial charge on any atom is 0.469 e. The van der Waals surface area contributed by atoms with Gasteiger partial charge in [-0.3, -0.25) is 18.9 Å². The highest BCUT2D eigenvalue weighted by Crippen LogP contribution is 2.38. The first-order chi connectivity index (χ1) is 12.4. The Labute approximate surface area is 162 Å². The van der Waals surface area contributed by atoms with Crippen LogP contribution in [0, 0.1) is 5.41 Å². The Hall–Kier alpha value is -1.23. The number of phosphoric ester groups is 1. The summed E-state index contributed by atoms with van der Waals surface area (Å²) in [6.07, 6.45) is 1.46. The van der Waals surface area contributed by atoms with Crippen molar-refractivity contribution in [1.29, 1.82) is 0 Å². The number of allylic oxidation sites excluding steroid dienone is 1. The van der Waals surface area contributed by atoms with E-state index in [0.717, 1.165) is 11.8 Å². The van der Waals surface area contributed by atoms with Crippen molar-refractivity contribution >= 4 is 36.5 Å². The standard InChI is InChI=1S/C15H27N2O8PS/c1-4-5-12(19)27-9-8-16-11(18)6-7-17-14(21)13(20)15(2,3)10-25-26(22,23)24/h4-5,13,20H,6-10H2,1-3H3,(H,16,18)(H,17,21)(H2,22,23,24)/b5-4+. The number of amides is 2. The van der Waals surface area contributed by atoms with Gasteiger partial charge in [0.25, 0.3) is 0 Å². The van der Waals surface area contributed by atoms with Crippen LogP contribution < -0.4 is 10.6 Å². The maximum atomic E-state index is 11.9. The van der Waals surface area contributed by atoms with E-state index in [4.69, 9.17) is 9.79 Å². The van der Waals surface area contributed by atoms with E-state index >= 15 is 0 Å². The van der Waals surface area contributed by atoms with Crippen LogP contribution in [0.5, 0.6) is 0 Å². The molecule has 1 atom stereocenters. The third kappa shape index (κ3) is 12.7. The van der Waals surface area contributed by atoms with Gasteiger partial charge in [0.05, 0.1) is 6.61 Å². The van der Waals surface area contributed by atoms with E-state index in [-0.39, 0.29) is 24.0 Å². The molecular formula is C15H27N2O8PS. The number of nitrogens with one attached hydrogen (secondary N) is 2. The van der Waals surface area contributed by atoms with Crippen LogP contribution in [0.3, 0.4) is 0 Å². The number of aliphatic hydroxyl groups excluding tert-OH is 1. The van der Waals surface area contributed by atoms with Crippen LogP contribution in [-0.4, -0.2) is 63.4 Å². The Morgan fingerprint density at radius 2 is 1.85 bits per heavy atom. The van der Waals surface area contributed by atoms with Gasteiger partial charge in [-0.25, -0.2) is 4.57 Å². The maximum absolute atomic E-state index is 11.9. The summed E-state index contributed by atoms with van der Waals surface area (Å²) in [4.78, 5) is 52.1. The van der Waals surface area contributed by atoms with Gasteiger partial charge >= 0.3 is 7.82 Å². The molecule has 0 saturated carbocycles. The molecule has 12 heteroatoms. The van der Waals surface area contributed by atoms with Crippen molar-refractivity contribution in [3.05, 3.63) is 12.2 Å². The Kier molecular flexibility index (Phi) is 11.7. The number of carbonyl (C=O) groups is 3. The van der Waals surface area contributed by atoms with Gasteiger partial charge in [-0.2, -0.15) is 0 Å². The van der Waals surface area contributed by atoms with Crippen LogP contribution in [0.4, 0.5) is 0 Å². The van der Waals surface area contributed by atoms with Crippen LogP contribution in [0.25, 0.3) is 0 Å². The van der Waals surface area contributed by atoms with Crippen LogP contribution >= 0.6 is 19.6 Å². The Morgan fingerprint density at radius 1 is 1.22 bits per heavy atom. The fourth-order valence-electron chi connectivity index (χ4n) is 1.69. The monoisotopic (exact) mass is 426 g/mol. The predicted molar refractivity (Wildman–Crippen MR) is 101 cm³/mol. The van der Waals surface area contributed by atoms with Gasteiger partial charge in [-0.15, -0.1) is 0 Å². The molecule has 0 fully saturated rings. The van der Waals surface area contributed by atoms with Crippen molar-refractivity contribution < 1.29 is 38.4 Å². The number of rotatable bonds is 12. The average Bonchev–Trinajstić information content (AvgIpc) is 2.56. The lowest BCUT2D eigenvalue weighted by Crippen LogP contribution is -2.46.